The largest absolute Gasteiger partial charge is 0.493 e. The molecule has 2 atom stereocenters. The summed E-state index contributed by atoms with van der Waals surface area (Å²) in [4.78, 5) is 20.6. The first-order valence-corrected chi connectivity index (χ1v) is 16.1. The minimum absolute atomic E-state index is 0.0216. The summed E-state index contributed by atoms with van der Waals surface area (Å²) in [6.45, 7) is 4.33. The Bertz CT molecular complexity index is 1730. The monoisotopic (exact) mass is 668 g/mol. The van der Waals surface area contributed by atoms with Gasteiger partial charge in [-0.1, -0.05) is 24.3 Å². The number of piperazine rings is 1. The number of carbonyl (C=O) groups is 1. The lowest BCUT2D eigenvalue weighted by Crippen LogP contribution is -2.46. The van der Waals surface area contributed by atoms with Crippen LogP contribution < -0.4 is 29.9 Å². The quantitative estimate of drug-likeness (QED) is 0.118. The maximum Gasteiger partial charge on any atom is 0.417 e. The Hall–Kier alpha value is -5.49. The zero-order valence-electron chi connectivity index (χ0n) is 26.9. The molecule has 2 aliphatic rings. The summed E-state index contributed by atoms with van der Waals surface area (Å²) in [5.41, 5.74) is 2.10. The first-order valence-electron chi connectivity index (χ1n) is 16.1. The van der Waals surface area contributed by atoms with Gasteiger partial charge in [-0.3, -0.25) is 10.7 Å². The Kier molecular flexibility index (Phi) is 10.6. The van der Waals surface area contributed by atoms with Crippen LogP contribution in [0.2, 0.25) is 0 Å². The van der Waals surface area contributed by atoms with Gasteiger partial charge < -0.3 is 29.3 Å². The maximum absolute atomic E-state index is 14.8. The first kappa shape index (κ1) is 33.4. The van der Waals surface area contributed by atoms with Gasteiger partial charge >= 0.3 is 6.09 Å². The van der Waals surface area contributed by atoms with Gasteiger partial charge in [0.15, 0.2) is 0 Å². The third-order valence-corrected chi connectivity index (χ3v) is 8.66. The Morgan fingerprint density at radius 2 is 1.59 bits per heavy atom. The van der Waals surface area contributed by atoms with Crippen LogP contribution in [0.1, 0.15) is 12.0 Å². The van der Waals surface area contributed by atoms with Crippen LogP contribution in [0, 0.1) is 23.0 Å². The molecular formula is C37H38F2N6O4. The van der Waals surface area contributed by atoms with E-state index in [4.69, 9.17) is 19.6 Å². The van der Waals surface area contributed by atoms with Crippen molar-refractivity contribution in [2.24, 2.45) is 10.9 Å². The average molecular weight is 669 g/mol. The lowest BCUT2D eigenvalue weighted by Gasteiger charge is -2.37. The number of carbonyl (C=O) groups excluding carboxylic acids is 1. The SMILES string of the molecule is N=C/N=C\NC[C@]1(c2ccc(F)cc2F)C[C@H](COc2ccc(N3CCN(c4ccc(NC(=O)Oc5ccccc5)cc4)CC3)cc2)CO1. The Labute approximate surface area is 283 Å². The van der Waals surface area contributed by atoms with Crippen LogP contribution in [-0.2, 0) is 10.3 Å². The molecule has 10 nitrogen and oxygen atoms in total. The molecule has 0 unspecified atom stereocenters. The average Bonchev–Trinajstić information content (AvgIpc) is 3.54. The standard InChI is InChI=1S/C37H38F2N6O4/c38-28-6-15-34(35(39)20-28)37(24-41-26-42-25-40)21-27(23-48-37)22-47-32-13-11-31(12-14-32)45-18-16-44(17-19-45)30-9-7-29(8-10-30)43-36(46)49-33-4-2-1-3-5-33/h1-15,20,25-27H,16-19,21-24H2,(H,43,46)(H2,40,41,42)/t27-,37+/m1/s1. The zero-order valence-corrected chi connectivity index (χ0v) is 26.9. The molecule has 4 aromatic carbocycles. The van der Waals surface area contributed by atoms with Crippen LogP contribution in [0.25, 0.3) is 0 Å². The van der Waals surface area contributed by atoms with Crippen LogP contribution in [0.4, 0.5) is 30.6 Å². The molecular weight excluding hydrogens is 630 g/mol. The molecule has 0 bridgehead atoms. The number of ether oxygens (including phenoxy) is 3. The van der Waals surface area contributed by atoms with Crippen LogP contribution in [0.5, 0.6) is 11.5 Å². The fourth-order valence-electron chi connectivity index (χ4n) is 6.22. The fraction of sp³-hybridized carbons (Fsp3) is 0.270. The number of hydrogen-bond acceptors (Lipinski definition) is 7. The van der Waals surface area contributed by atoms with Gasteiger partial charge in [0.1, 0.15) is 35.1 Å². The summed E-state index contributed by atoms with van der Waals surface area (Å²) in [5.74, 6) is -0.130. The highest BCUT2D eigenvalue weighted by Gasteiger charge is 2.43. The van der Waals surface area contributed by atoms with Crippen LogP contribution in [0.3, 0.4) is 0 Å². The van der Waals surface area contributed by atoms with E-state index in [1.54, 1.807) is 12.1 Å². The minimum atomic E-state index is -1.03. The van der Waals surface area contributed by atoms with Gasteiger partial charge in [-0.05, 0) is 73.2 Å². The predicted octanol–water partition coefficient (Wildman–Crippen LogP) is 6.44. The summed E-state index contributed by atoms with van der Waals surface area (Å²) in [7, 11) is 0. The zero-order chi connectivity index (χ0) is 34.1. The van der Waals surface area contributed by atoms with E-state index < -0.39 is 23.3 Å². The van der Waals surface area contributed by atoms with Gasteiger partial charge in [0.05, 0.1) is 19.6 Å². The van der Waals surface area contributed by atoms with Gasteiger partial charge in [-0.2, -0.15) is 0 Å². The van der Waals surface area contributed by atoms with Crippen molar-refractivity contribution < 1.29 is 27.8 Å². The summed E-state index contributed by atoms with van der Waals surface area (Å²) in [6, 6.07) is 28.2. The van der Waals surface area contributed by atoms with Crippen LogP contribution in [-0.4, -0.2) is 64.7 Å². The van der Waals surface area contributed by atoms with E-state index in [2.05, 4.69) is 37.6 Å². The predicted molar refractivity (Wildman–Crippen MR) is 186 cm³/mol. The topological polar surface area (TPSA) is 112 Å². The van der Waals surface area contributed by atoms with Gasteiger partial charge in [0.25, 0.3) is 0 Å². The summed E-state index contributed by atoms with van der Waals surface area (Å²) in [6.07, 6.45) is 2.18. The highest BCUT2D eigenvalue weighted by Crippen LogP contribution is 2.40. The number of benzene rings is 4. The second-order valence-electron chi connectivity index (χ2n) is 11.9. The van der Waals surface area contributed by atoms with E-state index in [0.29, 0.717) is 31.1 Å². The molecule has 49 heavy (non-hydrogen) atoms. The molecule has 3 N–H and O–H groups in total. The van der Waals surface area contributed by atoms with Crippen LogP contribution >= 0.6 is 0 Å². The van der Waals surface area contributed by atoms with E-state index in [9.17, 15) is 13.6 Å². The van der Waals surface area contributed by atoms with Crippen molar-refractivity contribution in [1.82, 2.24) is 5.32 Å². The number of nitrogens with one attached hydrogen (secondary N) is 3. The van der Waals surface area contributed by atoms with E-state index in [0.717, 1.165) is 55.7 Å². The molecule has 0 aliphatic carbocycles. The Balaban J connectivity index is 0.973. The number of hydrogen-bond donors (Lipinski definition) is 3. The highest BCUT2D eigenvalue weighted by atomic mass is 19.1. The molecule has 254 valence electrons. The van der Waals surface area contributed by atoms with Crippen molar-refractivity contribution in [3.05, 3.63) is 114 Å². The van der Waals surface area contributed by atoms with Gasteiger partial charge in [-0.15, -0.1) is 0 Å². The molecule has 0 radical (unpaired) electrons. The number of anilines is 3. The molecule has 2 aliphatic heterocycles. The van der Waals surface area contributed by atoms with Gasteiger partial charge in [0, 0.05) is 67.3 Å². The summed E-state index contributed by atoms with van der Waals surface area (Å²) in [5, 5.41) is 12.8. The highest BCUT2D eigenvalue weighted by molar-refractivity contribution is 5.86. The van der Waals surface area contributed by atoms with Crippen molar-refractivity contribution >= 4 is 35.8 Å². The molecule has 2 saturated heterocycles. The molecule has 4 aromatic rings. The molecule has 0 saturated carbocycles. The lowest BCUT2D eigenvalue weighted by atomic mass is 9.87. The van der Waals surface area contributed by atoms with E-state index >= 15 is 0 Å². The molecule has 2 heterocycles. The van der Waals surface area contributed by atoms with Gasteiger partial charge in [0.2, 0.25) is 0 Å². The summed E-state index contributed by atoms with van der Waals surface area (Å²) >= 11 is 0. The van der Waals surface area contributed by atoms with E-state index in [-0.39, 0.29) is 18.0 Å². The van der Waals surface area contributed by atoms with E-state index in [1.807, 2.05) is 54.6 Å². The maximum atomic E-state index is 14.8. The van der Waals surface area contributed by atoms with Crippen LogP contribution in [0.15, 0.2) is 102 Å². The third kappa shape index (κ3) is 8.52. The number of rotatable bonds is 12. The van der Waals surface area contributed by atoms with Crippen molar-refractivity contribution in [3.8, 4) is 11.5 Å². The van der Waals surface area contributed by atoms with Crippen molar-refractivity contribution in [3.63, 3.8) is 0 Å². The summed E-state index contributed by atoms with van der Waals surface area (Å²) < 4.78 is 46.1. The first-order chi connectivity index (χ1) is 23.9. The van der Waals surface area contributed by atoms with Crippen molar-refractivity contribution in [2.75, 3.05) is 61.1 Å². The van der Waals surface area contributed by atoms with Crippen molar-refractivity contribution in [1.29, 1.82) is 5.41 Å². The fourth-order valence-corrected chi connectivity index (χ4v) is 6.22. The molecule has 0 aromatic heterocycles. The smallest absolute Gasteiger partial charge is 0.417 e. The normalized spacial score (nSPS) is 19.1. The number of amides is 1. The third-order valence-electron chi connectivity index (χ3n) is 8.66. The number of aliphatic imine (C=N–C) groups is 1. The van der Waals surface area contributed by atoms with Gasteiger partial charge in [-0.25, -0.2) is 18.6 Å². The molecule has 0 spiro atoms. The Morgan fingerprint density at radius 3 is 2.24 bits per heavy atom. The van der Waals surface area contributed by atoms with Crippen molar-refractivity contribution in [2.45, 2.75) is 12.0 Å². The lowest BCUT2D eigenvalue weighted by molar-refractivity contribution is 0.000379. The molecule has 12 heteroatoms. The molecule has 1 amide bonds. The Morgan fingerprint density at radius 1 is 0.918 bits per heavy atom. The molecule has 6 rings (SSSR count). The minimum Gasteiger partial charge on any atom is -0.493 e. The van der Waals surface area contributed by atoms with E-state index in [1.165, 1.54) is 18.5 Å². The molecule has 2 fully saturated rings. The number of nitrogens with zero attached hydrogens (tertiary/aromatic N) is 3. The second kappa shape index (κ2) is 15.6. The number of halogens is 2. The second-order valence-corrected chi connectivity index (χ2v) is 11.9. The number of para-hydroxylation sites is 1.